The minimum atomic E-state index is -0.0490. The molecule has 1 heterocycles. The molecule has 0 aliphatic rings. The van der Waals surface area contributed by atoms with Crippen LogP contribution in [0.3, 0.4) is 0 Å². The van der Waals surface area contributed by atoms with Crippen LogP contribution in [0.1, 0.15) is 25.8 Å². The quantitative estimate of drug-likeness (QED) is 0.650. The fraction of sp³-hybridized carbons (Fsp3) is 0.444. The Morgan fingerprint density at radius 2 is 1.83 bits per heavy atom. The van der Waals surface area contributed by atoms with Gasteiger partial charge in [-0.15, -0.1) is 0 Å². The normalized spacial score (nSPS) is 13.5. The summed E-state index contributed by atoms with van der Waals surface area (Å²) in [6.45, 7) is 5.63. The Morgan fingerprint density at radius 3 is 2.58 bits per heavy atom. The third-order valence-electron chi connectivity index (χ3n) is 3.35. The van der Waals surface area contributed by atoms with Gasteiger partial charge in [-0.1, -0.05) is 41.9 Å². The van der Waals surface area contributed by atoms with Crippen molar-refractivity contribution in [1.82, 2.24) is 9.97 Å². The summed E-state index contributed by atoms with van der Waals surface area (Å²) in [6.07, 6.45) is 3.90. The summed E-state index contributed by atoms with van der Waals surface area (Å²) in [6, 6.07) is 10.1. The topological polar surface area (TPSA) is 53.5 Å². The highest BCUT2D eigenvalue weighted by molar-refractivity contribution is 6.29. The highest BCUT2D eigenvalue weighted by Gasteiger charge is 2.08. The molecule has 2 aromatic rings. The fourth-order valence-corrected chi connectivity index (χ4v) is 2.12. The van der Waals surface area contributed by atoms with Crippen molar-refractivity contribution in [3.8, 4) is 5.88 Å². The molecule has 2 atom stereocenters. The largest absolute Gasteiger partial charge is 0.474 e. The molecule has 130 valence electrons. The highest BCUT2D eigenvalue weighted by atomic mass is 35.5. The van der Waals surface area contributed by atoms with Crippen LogP contribution in [0.4, 0.5) is 0 Å². The standard InChI is InChI=1S/C18H23ClN2O3/c1-14(23-13-16-6-4-3-5-7-16)8-9-22-15(2)12-24-18-11-20-10-17(19)21-18/h3-7,10-11,14-15H,8-9,12-13H2,1-2H3/t14-,15+/m1/s1. The van der Waals surface area contributed by atoms with Crippen LogP contribution in [-0.2, 0) is 16.1 Å². The second-order valence-corrected chi connectivity index (χ2v) is 5.96. The molecule has 0 spiro atoms. The first kappa shape index (κ1) is 18.6. The average Bonchev–Trinajstić information content (AvgIpc) is 2.59. The molecule has 24 heavy (non-hydrogen) atoms. The van der Waals surface area contributed by atoms with Crippen LogP contribution >= 0.6 is 11.6 Å². The fourth-order valence-electron chi connectivity index (χ4n) is 1.98. The van der Waals surface area contributed by atoms with Gasteiger partial charge in [0.05, 0.1) is 31.2 Å². The number of nitrogens with zero attached hydrogens (tertiary/aromatic N) is 2. The van der Waals surface area contributed by atoms with Crippen molar-refractivity contribution in [3.63, 3.8) is 0 Å². The first-order chi connectivity index (χ1) is 11.6. The highest BCUT2D eigenvalue weighted by Crippen LogP contribution is 2.10. The van der Waals surface area contributed by atoms with Crippen molar-refractivity contribution >= 4 is 11.6 Å². The predicted octanol–water partition coefficient (Wildman–Crippen LogP) is 3.91. The van der Waals surface area contributed by atoms with Crippen LogP contribution in [0.15, 0.2) is 42.7 Å². The van der Waals surface area contributed by atoms with Crippen LogP contribution in [0.2, 0.25) is 5.15 Å². The van der Waals surface area contributed by atoms with Crippen LogP contribution < -0.4 is 4.74 Å². The molecule has 0 aliphatic heterocycles. The summed E-state index contributed by atoms with van der Waals surface area (Å²) in [5.41, 5.74) is 1.18. The van der Waals surface area contributed by atoms with Gasteiger partial charge >= 0.3 is 0 Å². The molecule has 5 nitrogen and oxygen atoms in total. The van der Waals surface area contributed by atoms with E-state index in [0.29, 0.717) is 30.9 Å². The van der Waals surface area contributed by atoms with Gasteiger partial charge in [0.2, 0.25) is 5.88 Å². The van der Waals surface area contributed by atoms with E-state index in [9.17, 15) is 0 Å². The Hall–Kier alpha value is -1.69. The van der Waals surface area contributed by atoms with Crippen LogP contribution in [0.5, 0.6) is 5.88 Å². The number of ether oxygens (including phenoxy) is 3. The maximum Gasteiger partial charge on any atom is 0.233 e. The number of halogens is 1. The first-order valence-electron chi connectivity index (χ1n) is 8.01. The van der Waals surface area contributed by atoms with Gasteiger partial charge in [0.1, 0.15) is 6.61 Å². The zero-order chi connectivity index (χ0) is 17.2. The first-order valence-corrected chi connectivity index (χ1v) is 8.38. The third-order valence-corrected chi connectivity index (χ3v) is 3.54. The molecule has 0 radical (unpaired) electrons. The van der Waals surface area contributed by atoms with Crippen molar-refractivity contribution in [2.45, 2.75) is 39.1 Å². The zero-order valence-corrected chi connectivity index (χ0v) is 14.8. The van der Waals surface area contributed by atoms with Crippen LogP contribution in [0.25, 0.3) is 0 Å². The lowest BCUT2D eigenvalue weighted by molar-refractivity contribution is -0.00846. The number of hydrogen-bond acceptors (Lipinski definition) is 5. The maximum atomic E-state index is 5.81. The molecular weight excluding hydrogens is 328 g/mol. The van der Waals surface area contributed by atoms with E-state index in [4.69, 9.17) is 25.8 Å². The van der Waals surface area contributed by atoms with Gasteiger partial charge in [-0.05, 0) is 25.8 Å². The number of benzene rings is 1. The molecule has 0 saturated heterocycles. The van der Waals surface area contributed by atoms with Crippen molar-refractivity contribution < 1.29 is 14.2 Å². The molecule has 1 aromatic carbocycles. The molecule has 0 N–H and O–H groups in total. The van der Waals surface area contributed by atoms with E-state index >= 15 is 0 Å². The second kappa shape index (κ2) is 10.2. The maximum absolute atomic E-state index is 5.81. The second-order valence-electron chi connectivity index (χ2n) is 5.57. The number of hydrogen-bond donors (Lipinski definition) is 0. The van der Waals surface area contributed by atoms with Gasteiger partial charge in [0, 0.05) is 6.61 Å². The minimum absolute atomic E-state index is 0.0490. The predicted molar refractivity (Wildman–Crippen MR) is 93.3 cm³/mol. The summed E-state index contributed by atoms with van der Waals surface area (Å²) >= 11 is 5.75. The smallest absolute Gasteiger partial charge is 0.233 e. The van der Waals surface area contributed by atoms with Gasteiger partial charge in [0.15, 0.2) is 5.15 Å². The van der Waals surface area contributed by atoms with E-state index in [-0.39, 0.29) is 12.2 Å². The minimum Gasteiger partial charge on any atom is -0.474 e. The third kappa shape index (κ3) is 7.25. The summed E-state index contributed by atoms with van der Waals surface area (Å²) in [5, 5.41) is 0.311. The molecule has 2 rings (SSSR count). The number of rotatable bonds is 10. The van der Waals surface area contributed by atoms with Crippen molar-refractivity contribution in [2.75, 3.05) is 13.2 Å². The lowest BCUT2D eigenvalue weighted by Crippen LogP contribution is -2.21. The summed E-state index contributed by atoms with van der Waals surface area (Å²) < 4.78 is 17.0. The van der Waals surface area contributed by atoms with Crippen molar-refractivity contribution in [3.05, 3.63) is 53.4 Å². The van der Waals surface area contributed by atoms with Gasteiger partial charge in [-0.25, -0.2) is 0 Å². The molecule has 0 aliphatic carbocycles. The van der Waals surface area contributed by atoms with E-state index < -0.39 is 0 Å². The van der Waals surface area contributed by atoms with Gasteiger partial charge in [0.25, 0.3) is 0 Å². The summed E-state index contributed by atoms with van der Waals surface area (Å²) in [4.78, 5) is 7.93. The summed E-state index contributed by atoms with van der Waals surface area (Å²) in [7, 11) is 0. The monoisotopic (exact) mass is 350 g/mol. The summed E-state index contributed by atoms with van der Waals surface area (Å²) in [5.74, 6) is 0.400. The molecule has 1 aromatic heterocycles. The van der Waals surface area contributed by atoms with E-state index in [1.807, 2.05) is 25.1 Å². The molecule has 0 saturated carbocycles. The van der Waals surface area contributed by atoms with Gasteiger partial charge < -0.3 is 14.2 Å². The Bertz CT molecular complexity index is 598. The Morgan fingerprint density at radius 1 is 1.04 bits per heavy atom. The zero-order valence-electron chi connectivity index (χ0n) is 14.0. The van der Waals surface area contributed by atoms with Crippen molar-refractivity contribution in [2.24, 2.45) is 0 Å². The molecule has 0 bridgehead atoms. The van der Waals surface area contributed by atoms with E-state index in [1.165, 1.54) is 18.0 Å². The lowest BCUT2D eigenvalue weighted by Gasteiger charge is -2.16. The number of aromatic nitrogens is 2. The lowest BCUT2D eigenvalue weighted by atomic mass is 10.2. The Kier molecular flexibility index (Phi) is 7.95. The van der Waals surface area contributed by atoms with Crippen LogP contribution in [-0.4, -0.2) is 35.4 Å². The van der Waals surface area contributed by atoms with Crippen molar-refractivity contribution in [1.29, 1.82) is 0 Å². The molecule has 6 heteroatoms. The SMILES string of the molecule is C[C@H](CCO[C@@H](C)COc1cncc(Cl)n1)OCc1ccccc1. The molecular formula is C18H23ClN2O3. The van der Waals surface area contributed by atoms with E-state index in [2.05, 4.69) is 29.0 Å². The van der Waals surface area contributed by atoms with Gasteiger partial charge in [-0.3, -0.25) is 4.98 Å². The molecule has 0 unspecified atom stereocenters. The van der Waals surface area contributed by atoms with E-state index in [0.717, 1.165) is 6.42 Å². The van der Waals surface area contributed by atoms with Gasteiger partial charge in [-0.2, -0.15) is 4.98 Å². The van der Waals surface area contributed by atoms with E-state index in [1.54, 1.807) is 0 Å². The molecule has 0 fully saturated rings. The Labute approximate surface area is 147 Å². The molecule has 0 amide bonds. The Balaban J connectivity index is 1.57. The van der Waals surface area contributed by atoms with Crippen LogP contribution in [0, 0.1) is 0 Å². The average molecular weight is 351 g/mol.